The molecule has 0 radical (unpaired) electrons. The summed E-state index contributed by atoms with van der Waals surface area (Å²) < 4.78 is 0. The summed E-state index contributed by atoms with van der Waals surface area (Å²) in [5, 5.41) is 7.15. The summed E-state index contributed by atoms with van der Waals surface area (Å²) in [6.07, 6.45) is 6.68. The molecule has 0 bridgehead atoms. The highest BCUT2D eigenvalue weighted by Gasteiger charge is 2.33. The van der Waals surface area contributed by atoms with Gasteiger partial charge in [-0.3, -0.25) is 9.89 Å². The molecule has 1 aromatic heterocycles. The number of benzene rings is 1. The molecule has 120 valence electrons. The number of hydrogen-bond acceptors (Lipinski definition) is 3. The van der Waals surface area contributed by atoms with Gasteiger partial charge in [0.25, 0.3) is 5.91 Å². The fraction of sp³-hybridized carbons (Fsp3) is 0.500. The highest BCUT2D eigenvalue weighted by Crippen LogP contribution is 2.32. The number of carbonyl (C=O) groups is 1. The molecule has 1 aliphatic carbocycles. The number of nitrogens with one attached hydrogen (secondary N) is 1. The Kier molecular flexibility index (Phi) is 3.63. The molecule has 1 atom stereocenters. The van der Waals surface area contributed by atoms with Crippen molar-refractivity contribution in [2.75, 3.05) is 6.54 Å². The number of rotatable bonds is 2. The summed E-state index contributed by atoms with van der Waals surface area (Å²) >= 11 is 0. The average molecular weight is 310 g/mol. The van der Waals surface area contributed by atoms with Crippen molar-refractivity contribution < 1.29 is 4.79 Å². The van der Waals surface area contributed by atoms with E-state index in [-0.39, 0.29) is 11.9 Å². The van der Waals surface area contributed by atoms with E-state index in [1.807, 2.05) is 17.9 Å². The maximum Gasteiger partial charge on any atom is 0.254 e. The number of fused-ring (bicyclic) bond motifs is 1. The zero-order valence-electron chi connectivity index (χ0n) is 13.5. The maximum absolute atomic E-state index is 13.0. The lowest BCUT2D eigenvalue weighted by molar-refractivity contribution is 0.0730. The third-order valence-electron chi connectivity index (χ3n) is 5.02. The Morgan fingerprint density at radius 2 is 2.04 bits per heavy atom. The summed E-state index contributed by atoms with van der Waals surface area (Å²) in [5.74, 6) is 1.66. The Morgan fingerprint density at radius 1 is 1.22 bits per heavy atom. The van der Waals surface area contributed by atoms with Crippen molar-refractivity contribution in [3.8, 4) is 0 Å². The van der Waals surface area contributed by atoms with Crippen LogP contribution in [0.2, 0.25) is 0 Å². The number of aryl methyl sites for hydroxylation is 3. The predicted molar refractivity (Wildman–Crippen MR) is 87.2 cm³/mol. The molecule has 4 rings (SSSR count). The number of aromatic amines is 1. The van der Waals surface area contributed by atoms with E-state index >= 15 is 0 Å². The fourth-order valence-electron chi connectivity index (χ4n) is 3.82. The third kappa shape index (κ3) is 2.64. The van der Waals surface area contributed by atoms with Crippen molar-refractivity contribution in [1.29, 1.82) is 0 Å². The van der Waals surface area contributed by atoms with Gasteiger partial charge in [0.1, 0.15) is 5.82 Å². The van der Waals surface area contributed by atoms with E-state index in [1.54, 1.807) is 0 Å². The topological polar surface area (TPSA) is 61.9 Å². The van der Waals surface area contributed by atoms with Crippen LogP contribution in [0.15, 0.2) is 18.2 Å². The van der Waals surface area contributed by atoms with Gasteiger partial charge in [0.2, 0.25) is 0 Å². The van der Waals surface area contributed by atoms with Gasteiger partial charge in [-0.1, -0.05) is 6.07 Å². The highest BCUT2D eigenvalue weighted by atomic mass is 16.2. The molecular formula is C18H22N4O. The van der Waals surface area contributed by atoms with Gasteiger partial charge >= 0.3 is 0 Å². The van der Waals surface area contributed by atoms with Crippen LogP contribution >= 0.6 is 0 Å². The quantitative estimate of drug-likeness (QED) is 0.927. The first-order valence-corrected chi connectivity index (χ1v) is 8.54. The normalized spacial score (nSPS) is 20.6. The largest absolute Gasteiger partial charge is 0.328 e. The summed E-state index contributed by atoms with van der Waals surface area (Å²) in [5.41, 5.74) is 3.58. The van der Waals surface area contributed by atoms with Gasteiger partial charge in [0.15, 0.2) is 5.82 Å². The van der Waals surface area contributed by atoms with Gasteiger partial charge in [-0.15, -0.1) is 0 Å². The minimum Gasteiger partial charge on any atom is -0.328 e. The van der Waals surface area contributed by atoms with Crippen LogP contribution in [-0.2, 0) is 12.8 Å². The van der Waals surface area contributed by atoms with Crippen molar-refractivity contribution in [1.82, 2.24) is 20.1 Å². The molecule has 2 aromatic rings. The van der Waals surface area contributed by atoms with E-state index in [9.17, 15) is 4.79 Å². The lowest BCUT2D eigenvalue weighted by Crippen LogP contribution is -2.31. The molecule has 0 saturated carbocycles. The molecule has 1 aromatic carbocycles. The zero-order valence-corrected chi connectivity index (χ0v) is 13.5. The van der Waals surface area contributed by atoms with Crippen molar-refractivity contribution in [2.24, 2.45) is 0 Å². The summed E-state index contributed by atoms with van der Waals surface area (Å²) in [6.45, 7) is 2.68. The second-order valence-corrected chi connectivity index (χ2v) is 6.63. The van der Waals surface area contributed by atoms with Gasteiger partial charge < -0.3 is 4.90 Å². The van der Waals surface area contributed by atoms with Crippen LogP contribution in [-0.4, -0.2) is 32.5 Å². The van der Waals surface area contributed by atoms with Crippen LogP contribution in [0.25, 0.3) is 0 Å². The molecule has 5 nitrogen and oxygen atoms in total. The third-order valence-corrected chi connectivity index (χ3v) is 5.02. The molecule has 1 N–H and O–H groups in total. The lowest BCUT2D eigenvalue weighted by atomic mass is 9.90. The number of carbonyl (C=O) groups excluding carboxylic acids is 1. The highest BCUT2D eigenvalue weighted by molar-refractivity contribution is 5.95. The van der Waals surface area contributed by atoms with Crippen molar-refractivity contribution in [2.45, 2.75) is 51.5 Å². The molecule has 0 spiro atoms. The van der Waals surface area contributed by atoms with Crippen LogP contribution in [0, 0.1) is 6.92 Å². The molecule has 1 amide bonds. The van der Waals surface area contributed by atoms with Crippen molar-refractivity contribution in [3.63, 3.8) is 0 Å². The minimum atomic E-state index is 0.00322. The Morgan fingerprint density at radius 3 is 2.83 bits per heavy atom. The molecule has 23 heavy (non-hydrogen) atoms. The second kappa shape index (κ2) is 5.80. The Bertz CT molecular complexity index is 736. The summed E-state index contributed by atoms with van der Waals surface area (Å²) in [4.78, 5) is 19.3. The molecular weight excluding hydrogens is 288 g/mol. The van der Waals surface area contributed by atoms with E-state index in [0.29, 0.717) is 0 Å². The Balaban J connectivity index is 1.60. The van der Waals surface area contributed by atoms with E-state index in [0.717, 1.165) is 49.4 Å². The lowest BCUT2D eigenvalue weighted by Gasteiger charge is -2.24. The fourth-order valence-corrected chi connectivity index (χ4v) is 3.82. The van der Waals surface area contributed by atoms with Crippen LogP contribution in [0.5, 0.6) is 0 Å². The standard InChI is InChI=1S/C18H22N4O/c1-12-19-17(21-20-12)16-7-4-10-22(16)18(23)15-9-8-13-5-2-3-6-14(13)11-15/h8-9,11,16H,2-7,10H2,1H3,(H,19,20,21)/t16-/m0/s1. The molecule has 5 heteroatoms. The number of hydrogen-bond donors (Lipinski definition) is 1. The first-order valence-electron chi connectivity index (χ1n) is 8.54. The van der Waals surface area contributed by atoms with E-state index < -0.39 is 0 Å². The van der Waals surface area contributed by atoms with Gasteiger partial charge in [-0.25, -0.2) is 4.98 Å². The second-order valence-electron chi connectivity index (χ2n) is 6.63. The molecule has 2 heterocycles. The van der Waals surface area contributed by atoms with Crippen LogP contribution < -0.4 is 0 Å². The first-order chi connectivity index (χ1) is 11.2. The van der Waals surface area contributed by atoms with Crippen LogP contribution in [0.3, 0.4) is 0 Å². The summed E-state index contributed by atoms with van der Waals surface area (Å²) in [6, 6.07) is 6.24. The van der Waals surface area contributed by atoms with Crippen molar-refractivity contribution >= 4 is 5.91 Å². The predicted octanol–water partition coefficient (Wildman–Crippen LogP) is 2.97. The first kappa shape index (κ1) is 14.4. The van der Waals surface area contributed by atoms with Gasteiger partial charge in [-0.05, 0) is 68.7 Å². The molecule has 2 aliphatic rings. The van der Waals surface area contributed by atoms with E-state index in [2.05, 4.69) is 27.3 Å². The minimum absolute atomic E-state index is 0.00322. The molecule has 1 fully saturated rings. The van der Waals surface area contributed by atoms with Crippen LogP contribution in [0.1, 0.15) is 64.9 Å². The number of likely N-dealkylation sites (tertiary alicyclic amines) is 1. The molecule has 1 saturated heterocycles. The van der Waals surface area contributed by atoms with Crippen molar-refractivity contribution in [3.05, 3.63) is 46.5 Å². The van der Waals surface area contributed by atoms with Gasteiger partial charge in [0, 0.05) is 12.1 Å². The van der Waals surface area contributed by atoms with E-state index in [1.165, 1.54) is 24.0 Å². The Labute approximate surface area is 136 Å². The van der Waals surface area contributed by atoms with Gasteiger partial charge in [0.05, 0.1) is 6.04 Å². The number of nitrogens with zero attached hydrogens (tertiary/aromatic N) is 3. The SMILES string of the molecule is Cc1nc([C@@H]2CCCN2C(=O)c2ccc3c(c2)CCCC3)n[nH]1. The number of H-pyrrole nitrogens is 1. The Hall–Kier alpha value is -2.17. The molecule has 1 aliphatic heterocycles. The van der Waals surface area contributed by atoms with Crippen LogP contribution in [0.4, 0.5) is 0 Å². The smallest absolute Gasteiger partial charge is 0.254 e. The average Bonchev–Trinajstić information content (AvgIpc) is 3.22. The monoisotopic (exact) mass is 310 g/mol. The van der Waals surface area contributed by atoms with Gasteiger partial charge in [-0.2, -0.15) is 5.10 Å². The number of amides is 1. The maximum atomic E-state index is 13.0. The number of aromatic nitrogens is 3. The zero-order chi connectivity index (χ0) is 15.8. The molecule has 0 unspecified atom stereocenters. The summed E-state index contributed by atoms with van der Waals surface area (Å²) in [7, 11) is 0. The van der Waals surface area contributed by atoms with E-state index in [4.69, 9.17) is 0 Å².